The number of ether oxygens (including phenoxy) is 3. The minimum absolute atomic E-state index is 0.0649. The first-order valence-electron chi connectivity index (χ1n) is 10.4. The predicted octanol–water partition coefficient (Wildman–Crippen LogP) is 3.85. The van der Waals surface area contributed by atoms with Crippen LogP contribution in [-0.2, 0) is 27.3 Å². The Morgan fingerprint density at radius 3 is 2.33 bits per heavy atom. The Hall–Kier alpha value is -2.44. The highest BCUT2D eigenvalue weighted by Gasteiger charge is 2.22. The van der Waals surface area contributed by atoms with E-state index in [1.54, 1.807) is 19.2 Å². The molecule has 0 aromatic heterocycles. The molecular formula is C24H30FNO4. The number of halogens is 1. The fourth-order valence-electron chi connectivity index (χ4n) is 3.58. The third-order valence-corrected chi connectivity index (χ3v) is 5.39. The molecule has 1 fully saturated rings. The van der Waals surface area contributed by atoms with E-state index in [4.69, 9.17) is 14.2 Å². The number of methoxy groups -OCH3 is 1. The lowest BCUT2D eigenvalue weighted by Crippen LogP contribution is -2.40. The smallest absolute Gasteiger partial charge is 0.248 e. The SMILES string of the molecule is COCCOCC(=O)N1CCC(Cc2ccc(COc3ccc(F)cc3)cc2)CC1. The highest BCUT2D eigenvalue weighted by atomic mass is 19.1. The number of likely N-dealkylation sites (tertiary alicyclic amines) is 1. The molecule has 1 heterocycles. The molecule has 5 nitrogen and oxygen atoms in total. The van der Waals surface area contributed by atoms with Gasteiger partial charge in [-0.25, -0.2) is 4.39 Å². The first kappa shape index (κ1) is 22.2. The van der Waals surface area contributed by atoms with Crippen LogP contribution in [0.15, 0.2) is 48.5 Å². The van der Waals surface area contributed by atoms with Gasteiger partial charge in [0, 0.05) is 20.2 Å². The molecule has 0 spiro atoms. The summed E-state index contributed by atoms with van der Waals surface area (Å²) in [6, 6.07) is 14.5. The summed E-state index contributed by atoms with van der Waals surface area (Å²) in [7, 11) is 1.62. The quantitative estimate of drug-likeness (QED) is 0.553. The molecule has 0 saturated carbocycles. The van der Waals surface area contributed by atoms with Crippen LogP contribution >= 0.6 is 0 Å². The Balaban J connectivity index is 1.37. The van der Waals surface area contributed by atoms with E-state index in [9.17, 15) is 9.18 Å². The molecular weight excluding hydrogens is 385 g/mol. The van der Waals surface area contributed by atoms with Crippen LogP contribution in [0.1, 0.15) is 24.0 Å². The topological polar surface area (TPSA) is 48.0 Å². The molecule has 1 aliphatic heterocycles. The third-order valence-electron chi connectivity index (χ3n) is 5.39. The largest absolute Gasteiger partial charge is 0.489 e. The van der Waals surface area contributed by atoms with Gasteiger partial charge in [-0.2, -0.15) is 0 Å². The van der Waals surface area contributed by atoms with Gasteiger partial charge < -0.3 is 19.1 Å². The monoisotopic (exact) mass is 415 g/mol. The van der Waals surface area contributed by atoms with Gasteiger partial charge in [0.25, 0.3) is 0 Å². The number of benzene rings is 2. The van der Waals surface area contributed by atoms with Gasteiger partial charge in [-0.05, 0) is 60.6 Å². The molecule has 0 radical (unpaired) electrons. The van der Waals surface area contributed by atoms with E-state index in [0.717, 1.165) is 37.9 Å². The van der Waals surface area contributed by atoms with E-state index in [-0.39, 0.29) is 18.3 Å². The zero-order valence-corrected chi connectivity index (χ0v) is 17.5. The first-order chi connectivity index (χ1) is 14.6. The van der Waals surface area contributed by atoms with Gasteiger partial charge in [0.1, 0.15) is 24.8 Å². The summed E-state index contributed by atoms with van der Waals surface area (Å²) in [4.78, 5) is 14.1. The van der Waals surface area contributed by atoms with Gasteiger partial charge in [0.05, 0.1) is 13.2 Å². The van der Waals surface area contributed by atoms with Crippen LogP contribution < -0.4 is 4.74 Å². The second-order valence-corrected chi connectivity index (χ2v) is 7.63. The van der Waals surface area contributed by atoms with Gasteiger partial charge in [-0.15, -0.1) is 0 Å². The predicted molar refractivity (Wildman–Crippen MR) is 113 cm³/mol. The lowest BCUT2D eigenvalue weighted by atomic mass is 9.90. The van der Waals surface area contributed by atoms with E-state index in [0.29, 0.717) is 31.5 Å². The molecule has 1 amide bonds. The van der Waals surface area contributed by atoms with Gasteiger partial charge >= 0.3 is 0 Å². The Bertz CT molecular complexity index is 771. The summed E-state index contributed by atoms with van der Waals surface area (Å²) in [5.74, 6) is 1.04. The van der Waals surface area contributed by atoms with Crippen LogP contribution in [0.4, 0.5) is 4.39 Å². The van der Waals surface area contributed by atoms with E-state index < -0.39 is 0 Å². The van der Waals surface area contributed by atoms with Crippen LogP contribution in [-0.4, -0.2) is 50.8 Å². The van der Waals surface area contributed by atoms with Crippen molar-refractivity contribution in [2.75, 3.05) is 40.0 Å². The van der Waals surface area contributed by atoms with E-state index >= 15 is 0 Å². The lowest BCUT2D eigenvalue weighted by Gasteiger charge is -2.32. The molecule has 2 aromatic carbocycles. The van der Waals surface area contributed by atoms with E-state index in [1.807, 2.05) is 4.90 Å². The maximum atomic E-state index is 12.9. The highest BCUT2D eigenvalue weighted by Crippen LogP contribution is 2.22. The number of nitrogens with zero attached hydrogens (tertiary/aromatic N) is 1. The van der Waals surface area contributed by atoms with Crippen molar-refractivity contribution in [2.24, 2.45) is 5.92 Å². The maximum absolute atomic E-state index is 12.9. The average Bonchev–Trinajstić information content (AvgIpc) is 2.78. The van der Waals surface area contributed by atoms with Gasteiger partial charge in [0.2, 0.25) is 5.91 Å². The number of carbonyl (C=O) groups excluding carboxylic acids is 1. The summed E-state index contributed by atoms with van der Waals surface area (Å²) in [5, 5.41) is 0. The molecule has 2 aromatic rings. The zero-order chi connectivity index (χ0) is 21.2. The van der Waals surface area contributed by atoms with Crippen molar-refractivity contribution >= 4 is 5.91 Å². The third kappa shape index (κ3) is 7.11. The Labute approximate surface area is 177 Å². The fourth-order valence-corrected chi connectivity index (χ4v) is 3.58. The molecule has 0 N–H and O–H groups in total. The van der Waals surface area contributed by atoms with E-state index in [1.165, 1.54) is 17.7 Å². The van der Waals surface area contributed by atoms with Crippen molar-refractivity contribution in [3.63, 3.8) is 0 Å². The Morgan fingerprint density at radius 2 is 1.67 bits per heavy atom. The molecule has 0 bridgehead atoms. The van der Waals surface area contributed by atoms with Crippen LogP contribution in [0.2, 0.25) is 0 Å². The number of hydrogen-bond acceptors (Lipinski definition) is 4. The summed E-state index contributed by atoms with van der Waals surface area (Å²) in [5.41, 5.74) is 2.38. The minimum atomic E-state index is -0.266. The van der Waals surface area contributed by atoms with E-state index in [2.05, 4.69) is 24.3 Å². The van der Waals surface area contributed by atoms with Crippen LogP contribution in [0.25, 0.3) is 0 Å². The maximum Gasteiger partial charge on any atom is 0.248 e. The normalized spacial score (nSPS) is 14.7. The summed E-state index contributed by atoms with van der Waals surface area (Å²) in [6.07, 6.45) is 3.05. The second-order valence-electron chi connectivity index (χ2n) is 7.63. The molecule has 1 aliphatic rings. The number of hydrogen-bond donors (Lipinski definition) is 0. The van der Waals surface area contributed by atoms with Crippen molar-refractivity contribution in [3.8, 4) is 5.75 Å². The van der Waals surface area contributed by atoms with Crippen LogP contribution in [0, 0.1) is 11.7 Å². The first-order valence-corrected chi connectivity index (χ1v) is 10.4. The molecule has 0 aliphatic carbocycles. The molecule has 0 unspecified atom stereocenters. The highest BCUT2D eigenvalue weighted by molar-refractivity contribution is 5.77. The van der Waals surface area contributed by atoms with Crippen molar-refractivity contribution in [1.82, 2.24) is 4.90 Å². The lowest BCUT2D eigenvalue weighted by molar-refractivity contribution is -0.137. The summed E-state index contributed by atoms with van der Waals surface area (Å²) >= 11 is 0. The average molecular weight is 416 g/mol. The summed E-state index contributed by atoms with van der Waals surface area (Å²) < 4.78 is 28.9. The van der Waals surface area contributed by atoms with Crippen molar-refractivity contribution < 1.29 is 23.4 Å². The number of amides is 1. The zero-order valence-electron chi connectivity index (χ0n) is 17.5. The second kappa shape index (κ2) is 11.7. The molecule has 3 rings (SSSR count). The molecule has 162 valence electrons. The minimum Gasteiger partial charge on any atom is -0.489 e. The van der Waals surface area contributed by atoms with Crippen LogP contribution in [0.5, 0.6) is 5.75 Å². The van der Waals surface area contributed by atoms with Crippen molar-refractivity contribution in [3.05, 3.63) is 65.5 Å². The van der Waals surface area contributed by atoms with Gasteiger partial charge in [0.15, 0.2) is 0 Å². The van der Waals surface area contributed by atoms with Gasteiger partial charge in [-0.1, -0.05) is 24.3 Å². The fraction of sp³-hybridized carbons (Fsp3) is 0.458. The van der Waals surface area contributed by atoms with Crippen molar-refractivity contribution in [2.45, 2.75) is 25.9 Å². The number of rotatable bonds is 10. The molecule has 6 heteroatoms. The number of piperidine rings is 1. The molecule has 30 heavy (non-hydrogen) atoms. The molecule has 1 saturated heterocycles. The summed E-state index contributed by atoms with van der Waals surface area (Å²) in [6.45, 7) is 3.13. The molecule has 0 atom stereocenters. The number of carbonyl (C=O) groups is 1. The Kier molecular flexibility index (Phi) is 8.66. The van der Waals surface area contributed by atoms with Gasteiger partial charge in [-0.3, -0.25) is 4.79 Å². The van der Waals surface area contributed by atoms with Crippen LogP contribution in [0.3, 0.4) is 0 Å². The standard InChI is InChI=1S/C24H30FNO4/c1-28-14-15-29-18-24(27)26-12-10-20(11-13-26)16-19-2-4-21(5-3-19)17-30-23-8-6-22(25)7-9-23/h2-9,20H,10-18H2,1H3. The Morgan fingerprint density at radius 1 is 1.00 bits per heavy atom. The van der Waals surface area contributed by atoms with Crippen molar-refractivity contribution in [1.29, 1.82) is 0 Å².